The molecule has 1 rings (SSSR count). The van der Waals surface area contributed by atoms with Gasteiger partial charge in [0.2, 0.25) is 5.91 Å². The van der Waals surface area contributed by atoms with Gasteiger partial charge in [-0.05, 0) is 0 Å². The standard InChI is InChI=1S/C7H11N3O3/c1-10(7(8)13)9-6(12)4-2-5(11)3-4/h4H,2-3H2,1H3,(H2,8,13)(H,9,12). The van der Waals surface area contributed by atoms with Crippen LogP contribution in [-0.2, 0) is 9.59 Å². The first-order chi connectivity index (χ1) is 6.00. The highest BCUT2D eigenvalue weighted by Crippen LogP contribution is 2.22. The number of hydrogen-bond acceptors (Lipinski definition) is 3. The van der Waals surface area contributed by atoms with Crippen LogP contribution in [0.3, 0.4) is 0 Å². The zero-order chi connectivity index (χ0) is 10.0. The van der Waals surface area contributed by atoms with Gasteiger partial charge in [-0.3, -0.25) is 15.0 Å². The molecule has 6 heteroatoms. The molecule has 0 bridgehead atoms. The van der Waals surface area contributed by atoms with Crippen molar-refractivity contribution < 1.29 is 14.4 Å². The second kappa shape index (κ2) is 3.42. The first-order valence-corrected chi connectivity index (χ1v) is 3.86. The third-order valence-corrected chi connectivity index (χ3v) is 1.93. The fraction of sp³-hybridized carbons (Fsp3) is 0.571. The van der Waals surface area contributed by atoms with E-state index < -0.39 is 6.03 Å². The lowest BCUT2D eigenvalue weighted by Crippen LogP contribution is -2.50. The van der Waals surface area contributed by atoms with Crippen LogP contribution < -0.4 is 11.2 Å². The summed E-state index contributed by atoms with van der Waals surface area (Å²) in [5.41, 5.74) is 7.15. The predicted molar refractivity (Wildman–Crippen MR) is 43.2 cm³/mol. The molecule has 72 valence electrons. The van der Waals surface area contributed by atoms with Crippen LogP contribution in [0.2, 0.25) is 0 Å². The average Bonchev–Trinajstić information content (AvgIpc) is 1.98. The summed E-state index contributed by atoms with van der Waals surface area (Å²) in [5.74, 6) is -0.558. The van der Waals surface area contributed by atoms with Crippen LogP contribution in [0, 0.1) is 5.92 Å². The highest BCUT2D eigenvalue weighted by Gasteiger charge is 2.33. The van der Waals surface area contributed by atoms with Crippen LogP contribution in [0.5, 0.6) is 0 Å². The minimum absolute atomic E-state index is 0.0712. The largest absolute Gasteiger partial charge is 0.350 e. The number of rotatable bonds is 1. The van der Waals surface area contributed by atoms with Crippen LogP contribution in [0.4, 0.5) is 4.79 Å². The van der Waals surface area contributed by atoms with E-state index in [2.05, 4.69) is 5.43 Å². The summed E-state index contributed by atoms with van der Waals surface area (Å²) in [4.78, 5) is 32.2. The molecule has 0 aromatic rings. The van der Waals surface area contributed by atoms with E-state index in [0.29, 0.717) is 0 Å². The van der Waals surface area contributed by atoms with Crippen LogP contribution in [-0.4, -0.2) is 29.8 Å². The molecule has 1 fully saturated rings. The smallest absolute Gasteiger partial charge is 0.333 e. The number of hydrazine groups is 1. The second-order valence-electron chi connectivity index (χ2n) is 3.02. The van der Waals surface area contributed by atoms with Crippen molar-refractivity contribution in [2.24, 2.45) is 11.7 Å². The molecule has 13 heavy (non-hydrogen) atoms. The third-order valence-electron chi connectivity index (χ3n) is 1.93. The maximum Gasteiger partial charge on any atom is 0.333 e. The van der Waals surface area contributed by atoms with Crippen molar-refractivity contribution in [3.8, 4) is 0 Å². The maximum absolute atomic E-state index is 11.2. The van der Waals surface area contributed by atoms with E-state index in [1.54, 1.807) is 0 Å². The van der Waals surface area contributed by atoms with Crippen molar-refractivity contribution in [1.82, 2.24) is 10.4 Å². The molecule has 0 saturated heterocycles. The molecule has 0 radical (unpaired) electrons. The monoisotopic (exact) mass is 185 g/mol. The topological polar surface area (TPSA) is 92.5 Å². The van der Waals surface area contributed by atoms with Gasteiger partial charge in [-0.25, -0.2) is 9.80 Å². The highest BCUT2D eigenvalue weighted by atomic mass is 16.2. The minimum atomic E-state index is -0.737. The first kappa shape index (κ1) is 9.50. The molecule has 0 aliphatic heterocycles. The molecule has 1 aliphatic carbocycles. The minimum Gasteiger partial charge on any atom is -0.350 e. The zero-order valence-corrected chi connectivity index (χ0v) is 7.24. The summed E-state index contributed by atoms with van der Waals surface area (Å²) in [6.45, 7) is 0. The molecular formula is C7H11N3O3. The summed E-state index contributed by atoms with van der Waals surface area (Å²) in [6.07, 6.45) is 0.525. The number of primary amides is 1. The number of hydrogen-bond donors (Lipinski definition) is 2. The number of carbonyl (C=O) groups excluding carboxylic acids is 3. The fourth-order valence-electron chi connectivity index (χ4n) is 0.987. The van der Waals surface area contributed by atoms with E-state index >= 15 is 0 Å². The Labute approximate surface area is 75.0 Å². The SMILES string of the molecule is CN(NC(=O)C1CC(=O)C1)C(N)=O. The predicted octanol–water partition coefficient (Wildman–Crippen LogP) is -0.993. The van der Waals surface area contributed by atoms with Gasteiger partial charge in [-0.15, -0.1) is 0 Å². The number of carbonyl (C=O) groups is 3. The van der Waals surface area contributed by atoms with Gasteiger partial charge >= 0.3 is 6.03 Å². The van der Waals surface area contributed by atoms with Gasteiger partial charge in [0.1, 0.15) is 5.78 Å². The van der Waals surface area contributed by atoms with Crippen molar-refractivity contribution in [2.75, 3.05) is 7.05 Å². The van der Waals surface area contributed by atoms with Crippen molar-refractivity contribution in [3.63, 3.8) is 0 Å². The molecule has 0 heterocycles. The average molecular weight is 185 g/mol. The van der Waals surface area contributed by atoms with Crippen molar-refractivity contribution in [3.05, 3.63) is 0 Å². The first-order valence-electron chi connectivity index (χ1n) is 3.86. The Hall–Kier alpha value is -1.59. The Bertz CT molecular complexity index is 256. The molecule has 0 spiro atoms. The Morgan fingerprint density at radius 2 is 2.08 bits per heavy atom. The van der Waals surface area contributed by atoms with E-state index in [0.717, 1.165) is 5.01 Å². The molecule has 1 saturated carbocycles. The molecule has 0 atom stereocenters. The van der Waals surface area contributed by atoms with Gasteiger partial charge in [-0.1, -0.05) is 0 Å². The van der Waals surface area contributed by atoms with Crippen LogP contribution in [0.1, 0.15) is 12.8 Å². The normalized spacial score (nSPS) is 16.2. The summed E-state index contributed by atoms with van der Waals surface area (Å²) >= 11 is 0. The van der Waals surface area contributed by atoms with Gasteiger partial charge < -0.3 is 5.73 Å². The quantitative estimate of drug-likeness (QED) is 0.513. The van der Waals surface area contributed by atoms with E-state index in [-0.39, 0.29) is 30.4 Å². The molecule has 0 unspecified atom stereocenters. The summed E-state index contributed by atoms with van der Waals surface area (Å²) in [6, 6.07) is -0.737. The summed E-state index contributed by atoms with van der Waals surface area (Å²) in [5, 5.41) is 0.894. The second-order valence-corrected chi connectivity index (χ2v) is 3.02. The number of urea groups is 1. The number of amides is 3. The molecule has 6 nitrogen and oxygen atoms in total. The molecule has 3 amide bonds. The van der Waals surface area contributed by atoms with Gasteiger partial charge in [0.15, 0.2) is 0 Å². The third kappa shape index (κ3) is 2.17. The Morgan fingerprint density at radius 1 is 1.54 bits per heavy atom. The van der Waals surface area contributed by atoms with Crippen molar-refractivity contribution in [1.29, 1.82) is 0 Å². The summed E-state index contributed by atoms with van der Waals surface area (Å²) in [7, 11) is 1.35. The van der Waals surface area contributed by atoms with E-state index in [4.69, 9.17) is 5.73 Å². The number of Topliss-reactive ketones (excluding diaryl/α,β-unsaturated/α-hetero) is 1. The van der Waals surface area contributed by atoms with E-state index in [9.17, 15) is 14.4 Å². The lowest BCUT2D eigenvalue weighted by molar-refractivity contribution is -0.139. The lowest BCUT2D eigenvalue weighted by Gasteiger charge is -2.25. The highest BCUT2D eigenvalue weighted by molar-refractivity contribution is 5.96. The lowest BCUT2D eigenvalue weighted by atomic mass is 9.83. The molecular weight excluding hydrogens is 174 g/mol. The Morgan fingerprint density at radius 3 is 2.46 bits per heavy atom. The Kier molecular flexibility index (Phi) is 2.50. The van der Waals surface area contributed by atoms with Crippen molar-refractivity contribution in [2.45, 2.75) is 12.8 Å². The fourth-order valence-corrected chi connectivity index (χ4v) is 0.987. The van der Waals surface area contributed by atoms with E-state index in [1.807, 2.05) is 0 Å². The molecule has 3 N–H and O–H groups in total. The number of nitrogens with two attached hydrogens (primary N) is 1. The number of nitrogens with zero attached hydrogens (tertiary/aromatic N) is 1. The van der Waals surface area contributed by atoms with Crippen LogP contribution in [0.15, 0.2) is 0 Å². The van der Waals surface area contributed by atoms with Gasteiger partial charge in [0.25, 0.3) is 0 Å². The zero-order valence-electron chi connectivity index (χ0n) is 7.24. The Balaban J connectivity index is 2.33. The molecule has 0 aromatic heterocycles. The van der Waals surface area contributed by atoms with Gasteiger partial charge in [-0.2, -0.15) is 0 Å². The summed E-state index contributed by atoms with van der Waals surface area (Å²) < 4.78 is 0. The maximum atomic E-state index is 11.2. The molecule has 1 aliphatic rings. The number of ketones is 1. The van der Waals surface area contributed by atoms with Gasteiger partial charge in [0, 0.05) is 19.9 Å². The van der Waals surface area contributed by atoms with Crippen LogP contribution >= 0.6 is 0 Å². The van der Waals surface area contributed by atoms with E-state index in [1.165, 1.54) is 7.05 Å². The number of nitrogens with one attached hydrogen (secondary N) is 1. The van der Waals surface area contributed by atoms with Gasteiger partial charge in [0.05, 0.1) is 5.92 Å². The molecule has 0 aromatic carbocycles. The van der Waals surface area contributed by atoms with Crippen LogP contribution in [0.25, 0.3) is 0 Å². The van der Waals surface area contributed by atoms with Crippen molar-refractivity contribution >= 4 is 17.7 Å².